The molecule has 23 nitrogen and oxygen atoms in total. The molecule has 0 amide bonds. The van der Waals surface area contributed by atoms with Gasteiger partial charge in [0.1, 0.15) is 30.7 Å². The quantitative estimate of drug-likeness (QED) is 0.0654. The number of H-pyrrole nitrogens is 1. The number of aliphatic hydroxyl groups excluding tert-OH is 2. The molecule has 5 heterocycles. The zero-order valence-electron chi connectivity index (χ0n) is 28.6. The highest BCUT2D eigenvalue weighted by molar-refractivity contribution is 7.47. The highest BCUT2D eigenvalue weighted by Crippen LogP contribution is 2.50. The molecule has 294 valence electrons. The lowest BCUT2D eigenvalue weighted by atomic mass is 10.1. The molecule has 2 fully saturated rings. The van der Waals surface area contributed by atoms with Crippen molar-refractivity contribution in [3.05, 3.63) is 105 Å². The molecule has 8 N–H and O–H groups in total. The number of carbonyl (C=O) groups excluding carboxylic acids is 2. The zero-order valence-corrected chi connectivity index (χ0v) is 29.5. The fourth-order valence-corrected chi connectivity index (χ4v) is 7.04. The van der Waals surface area contributed by atoms with Crippen LogP contribution in [-0.4, -0.2) is 111 Å². The summed E-state index contributed by atoms with van der Waals surface area (Å²) in [6, 6.07) is 15.4. The summed E-state index contributed by atoms with van der Waals surface area (Å²) in [5.41, 5.74) is 9.45. The second kappa shape index (κ2) is 15.7. The largest absolute Gasteiger partial charge is 0.472 e. The maximum atomic E-state index is 13.6. The van der Waals surface area contributed by atoms with Crippen LogP contribution >= 0.6 is 7.82 Å². The number of phosphoric ester groups is 1. The molecule has 0 bridgehead atoms. The number of rotatable bonds is 12. The lowest BCUT2D eigenvalue weighted by molar-refractivity contribution is -0.0645. The molecule has 5 aromatic rings. The van der Waals surface area contributed by atoms with E-state index in [2.05, 4.69) is 24.9 Å². The molecule has 24 heteroatoms. The highest BCUT2D eigenvalue weighted by atomic mass is 31.2. The molecular weight excluding hydrogens is 765 g/mol. The minimum atomic E-state index is -5.30. The molecule has 3 aromatic heterocycles. The van der Waals surface area contributed by atoms with Gasteiger partial charge in [0.15, 0.2) is 35.8 Å². The fourth-order valence-electron chi connectivity index (χ4n) is 6.08. The van der Waals surface area contributed by atoms with E-state index < -0.39 is 93.3 Å². The number of anilines is 2. The standard InChI is InChI=1S/C32H32N9O14P/c33-30-36-14-41(32(47)39-30)26-22(53-28(45)15-7-3-1-4-8-15)20(43)18(52-26)12-50-56(48,49)55-21-17(11-42)51-27(23(21)54-29(46)16-9-5-2-6-10-16)40-13-35-19-24(40)37-31(34)38-25(19)44/h1-10,13-14,17-18,20-23,26-27,42-43H,11-12H2,(H,48,49)(H2,33,39,47)(H3,34,37,38,44)/t17-,18-,20?,21?,22+,23+,26-,27-/m1/s1. The summed E-state index contributed by atoms with van der Waals surface area (Å²) >= 11 is 0. The Bertz CT molecular complexity index is 2400. The Hall–Kier alpha value is -5.91. The predicted octanol–water partition coefficient (Wildman–Crippen LogP) is -0.963. The third-order valence-corrected chi connectivity index (χ3v) is 9.67. The summed E-state index contributed by atoms with van der Waals surface area (Å²) in [5, 5.41) is 21.6. The minimum Gasteiger partial charge on any atom is -0.451 e. The molecule has 2 aromatic carbocycles. The topological polar surface area (TPSA) is 331 Å². The van der Waals surface area contributed by atoms with Gasteiger partial charge in [0, 0.05) is 0 Å². The van der Waals surface area contributed by atoms with Crippen LogP contribution in [0.25, 0.3) is 11.2 Å². The van der Waals surface area contributed by atoms with Crippen LogP contribution in [0, 0.1) is 0 Å². The number of imidazole rings is 1. The first kappa shape index (κ1) is 38.4. The molecule has 0 aliphatic carbocycles. The third kappa shape index (κ3) is 7.78. The van der Waals surface area contributed by atoms with Crippen molar-refractivity contribution in [2.24, 2.45) is 0 Å². The first-order chi connectivity index (χ1) is 26.8. The number of benzene rings is 2. The molecule has 3 unspecified atom stereocenters. The fraction of sp³-hybridized carbons (Fsp3) is 0.312. The number of carbonyl (C=O) groups is 2. The number of esters is 2. The smallest absolute Gasteiger partial charge is 0.451 e. The molecule has 0 radical (unpaired) electrons. The number of hydrogen-bond donors (Lipinski definition) is 6. The number of nitrogen functional groups attached to an aromatic ring is 2. The maximum absolute atomic E-state index is 13.6. The summed E-state index contributed by atoms with van der Waals surface area (Å²) in [5.74, 6) is -2.49. The number of nitrogens with zero attached hydrogens (tertiary/aromatic N) is 6. The molecule has 2 aliphatic rings. The van der Waals surface area contributed by atoms with Crippen molar-refractivity contribution < 1.29 is 57.3 Å². The molecular formula is C32H32N9O14P. The van der Waals surface area contributed by atoms with Crippen molar-refractivity contribution in [1.82, 2.24) is 34.1 Å². The second-order valence-electron chi connectivity index (χ2n) is 12.3. The molecule has 2 saturated heterocycles. The Labute approximate surface area is 313 Å². The van der Waals surface area contributed by atoms with Crippen molar-refractivity contribution in [2.75, 3.05) is 24.7 Å². The van der Waals surface area contributed by atoms with Crippen LogP contribution in [0.3, 0.4) is 0 Å². The van der Waals surface area contributed by atoms with E-state index in [0.29, 0.717) is 0 Å². The normalized spacial score (nSPS) is 25.8. The van der Waals surface area contributed by atoms with Gasteiger partial charge in [-0.3, -0.25) is 28.0 Å². The van der Waals surface area contributed by atoms with Crippen LogP contribution in [0.2, 0.25) is 0 Å². The van der Waals surface area contributed by atoms with Gasteiger partial charge in [-0.1, -0.05) is 36.4 Å². The first-order valence-electron chi connectivity index (χ1n) is 16.5. The molecule has 0 spiro atoms. The van der Waals surface area contributed by atoms with Gasteiger partial charge in [-0.15, -0.1) is 0 Å². The number of ether oxygens (including phenoxy) is 4. The number of fused-ring (bicyclic) bond motifs is 1. The Morgan fingerprint density at radius 2 is 1.43 bits per heavy atom. The van der Waals surface area contributed by atoms with Gasteiger partial charge in [-0.05, 0) is 24.3 Å². The van der Waals surface area contributed by atoms with Gasteiger partial charge in [0.25, 0.3) is 5.56 Å². The molecule has 2 aliphatic heterocycles. The number of aromatic nitrogens is 7. The lowest BCUT2D eigenvalue weighted by Crippen LogP contribution is -2.40. The van der Waals surface area contributed by atoms with E-state index in [-0.39, 0.29) is 34.2 Å². The monoisotopic (exact) mass is 797 g/mol. The van der Waals surface area contributed by atoms with Crippen LogP contribution in [0.1, 0.15) is 33.2 Å². The summed E-state index contributed by atoms with van der Waals surface area (Å²) in [7, 11) is -5.30. The Morgan fingerprint density at radius 1 is 0.839 bits per heavy atom. The third-order valence-electron chi connectivity index (χ3n) is 8.68. The first-order valence-corrected chi connectivity index (χ1v) is 18.0. The van der Waals surface area contributed by atoms with Crippen molar-refractivity contribution in [3.8, 4) is 0 Å². The van der Waals surface area contributed by atoms with Crippen molar-refractivity contribution in [2.45, 2.75) is 49.1 Å². The van der Waals surface area contributed by atoms with Crippen LogP contribution in [0.5, 0.6) is 0 Å². The molecule has 7 rings (SSSR count). The summed E-state index contributed by atoms with van der Waals surface area (Å²) < 4.78 is 49.3. The van der Waals surface area contributed by atoms with Crippen LogP contribution in [0.15, 0.2) is 82.9 Å². The average molecular weight is 798 g/mol. The van der Waals surface area contributed by atoms with E-state index >= 15 is 0 Å². The number of nitrogens with one attached hydrogen (secondary N) is 1. The minimum absolute atomic E-state index is 0.0743. The van der Waals surface area contributed by atoms with Crippen molar-refractivity contribution >= 4 is 42.8 Å². The van der Waals surface area contributed by atoms with Crippen molar-refractivity contribution in [3.63, 3.8) is 0 Å². The molecule has 56 heavy (non-hydrogen) atoms. The molecule has 9 atom stereocenters. The Kier molecular flexibility index (Phi) is 10.7. The van der Waals surface area contributed by atoms with Crippen molar-refractivity contribution in [1.29, 1.82) is 0 Å². The SMILES string of the molecule is Nc1ncn([C@@H]2O[C@H](COP(=O)(O)OC3[C@@H](CO)O[C@@H](n4cnc5c(=O)[nH]c(N)nc54)[C@H]3OC(=O)c3ccccc3)C(O)[C@@H]2OC(=O)c2ccccc2)c(=O)n1. The second-order valence-corrected chi connectivity index (χ2v) is 13.7. The van der Waals surface area contributed by atoms with E-state index in [4.69, 9.17) is 39.5 Å². The van der Waals surface area contributed by atoms with E-state index in [1.807, 2.05) is 0 Å². The summed E-state index contributed by atoms with van der Waals surface area (Å²) in [6.07, 6.45) is -10.7. The zero-order chi connectivity index (χ0) is 39.7. The number of nitrogens with two attached hydrogens (primary N) is 2. The highest BCUT2D eigenvalue weighted by Gasteiger charge is 2.53. The maximum Gasteiger partial charge on any atom is 0.472 e. The van der Waals surface area contributed by atoms with E-state index in [1.165, 1.54) is 28.8 Å². The predicted molar refractivity (Wildman–Crippen MR) is 186 cm³/mol. The molecule has 0 saturated carbocycles. The number of hydrogen-bond acceptors (Lipinski definition) is 19. The van der Waals surface area contributed by atoms with E-state index in [0.717, 1.165) is 17.2 Å². The van der Waals surface area contributed by atoms with Gasteiger partial charge < -0.3 is 45.5 Å². The number of phosphoric acid groups is 1. The van der Waals surface area contributed by atoms with Gasteiger partial charge in [0.2, 0.25) is 11.9 Å². The summed E-state index contributed by atoms with van der Waals surface area (Å²) in [6.45, 7) is -1.76. The van der Waals surface area contributed by atoms with Gasteiger partial charge in [-0.2, -0.15) is 9.97 Å². The number of aromatic amines is 1. The van der Waals surface area contributed by atoms with Gasteiger partial charge >= 0.3 is 25.5 Å². The van der Waals surface area contributed by atoms with Gasteiger partial charge in [-0.25, -0.2) is 28.9 Å². The van der Waals surface area contributed by atoms with Crippen LogP contribution in [-0.2, 0) is 32.6 Å². The summed E-state index contributed by atoms with van der Waals surface area (Å²) in [4.78, 5) is 80.2. The van der Waals surface area contributed by atoms with Crippen LogP contribution in [0.4, 0.5) is 11.9 Å². The number of aliphatic hydroxyl groups is 2. The van der Waals surface area contributed by atoms with Gasteiger partial charge in [0.05, 0.1) is 30.7 Å². The Balaban J connectivity index is 1.14. The Morgan fingerprint density at radius 3 is 2.05 bits per heavy atom. The lowest BCUT2D eigenvalue weighted by Gasteiger charge is -2.26. The van der Waals surface area contributed by atoms with E-state index in [1.54, 1.807) is 36.4 Å². The van der Waals surface area contributed by atoms with Crippen LogP contribution < -0.4 is 22.7 Å². The average Bonchev–Trinajstić information content (AvgIpc) is 3.84. The van der Waals surface area contributed by atoms with E-state index in [9.17, 15) is 38.8 Å².